The Hall–Kier alpha value is -2.73. The molecule has 0 radical (unpaired) electrons. The van der Waals surface area contributed by atoms with Gasteiger partial charge in [0.05, 0.1) is 20.2 Å². The molecule has 0 fully saturated rings. The lowest BCUT2D eigenvalue weighted by atomic mass is 10.1. The minimum Gasteiger partial charge on any atom is -0.490 e. The summed E-state index contributed by atoms with van der Waals surface area (Å²) < 4.78 is 12.6. The summed E-state index contributed by atoms with van der Waals surface area (Å²) in [6.07, 6.45) is 1.50. The van der Waals surface area contributed by atoms with Crippen LogP contribution in [-0.2, 0) is 11.4 Å². The van der Waals surface area contributed by atoms with Gasteiger partial charge in [0.2, 0.25) is 0 Å². The van der Waals surface area contributed by atoms with Gasteiger partial charge < -0.3 is 14.8 Å². The molecule has 8 heteroatoms. The van der Waals surface area contributed by atoms with E-state index >= 15 is 0 Å². The van der Waals surface area contributed by atoms with E-state index in [1.807, 2.05) is 49.4 Å². The van der Waals surface area contributed by atoms with E-state index < -0.39 is 5.91 Å². The van der Waals surface area contributed by atoms with Crippen LogP contribution in [0.15, 0.2) is 66.2 Å². The van der Waals surface area contributed by atoms with Gasteiger partial charge in [-0.2, -0.15) is 5.26 Å². The number of benzene rings is 3. The van der Waals surface area contributed by atoms with Crippen LogP contribution in [-0.4, -0.2) is 12.5 Å². The zero-order chi connectivity index (χ0) is 23.8. The number of rotatable bonds is 8. The van der Waals surface area contributed by atoms with Crippen molar-refractivity contribution in [3.63, 3.8) is 0 Å². The van der Waals surface area contributed by atoms with Gasteiger partial charge in [0.15, 0.2) is 11.5 Å². The lowest BCUT2D eigenvalue weighted by molar-refractivity contribution is -0.112. The Morgan fingerprint density at radius 1 is 1.09 bits per heavy atom. The zero-order valence-corrected chi connectivity index (χ0v) is 21.2. The normalized spacial score (nSPS) is 10.9. The average molecular weight is 593 g/mol. The van der Waals surface area contributed by atoms with Crippen molar-refractivity contribution in [1.82, 2.24) is 0 Å². The van der Waals surface area contributed by atoms with Crippen molar-refractivity contribution in [2.75, 3.05) is 11.9 Å². The molecule has 0 spiro atoms. The maximum Gasteiger partial charge on any atom is 0.266 e. The standard InChI is InChI=1S/C25H19Cl2IN2O3/c1-2-32-23-12-17(11-22(28)24(23)33-15-16-6-4-3-5-7-16)10-18(14-29)25(31)30-19-8-9-20(26)21(27)13-19/h3-13H,2,15H2,1H3,(H,30,31)/b18-10-. The van der Waals surface area contributed by atoms with Crippen LogP contribution < -0.4 is 14.8 Å². The number of hydrogen-bond acceptors (Lipinski definition) is 4. The Bertz CT molecular complexity index is 1220. The summed E-state index contributed by atoms with van der Waals surface area (Å²) in [5.41, 5.74) is 2.03. The maximum atomic E-state index is 12.6. The Morgan fingerprint density at radius 2 is 1.85 bits per heavy atom. The quantitative estimate of drug-likeness (QED) is 0.172. The molecule has 0 saturated heterocycles. The van der Waals surface area contributed by atoms with Gasteiger partial charge in [-0.25, -0.2) is 0 Å². The van der Waals surface area contributed by atoms with Gasteiger partial charge in [0.25, 0.3) is 5.91 Å². The van der Waals surface area contributed by atoms with E-state index in [0.29, 0.717) is 46.0 Å². The number of carbonyl (C=O) groups excluding carboxylic acids is 1. The molecule has 0 aliphatic heterocycles. The molecular weight excluding hydrogens is 574 g/mol. The van der Waals surface area contributed by atoms with Gasteiger partial charge in [-0.1, -0.05) is 53.5 Å². The van der Waals surface area contributed by atoms with E-state index in [4.69, 9.17) is 32.7 Å². The third-order valence-electron chi connectivity index (χ3n) is 4.41. The molecule has 0 aliphatic carbocycles. The first kappa shape index (κ1) is 24.9. The topological polar surface area (TPSA) is 71.3 Å². The Balaban J connectivity index is 1.84. The van der Waals surface area contributed by atoms with Crippen LogP contribution in [0.25, 0.3) is 6.08 Å². The van der Waals surface area contributed by atoms with Gasteiger partial charge in [-0.3, -0.25) is 4.79 Å². The lowest BCUT2D eigenvalue weighted by Crippen LogP contribution is -2.13. The average Bonchev–Trinajstić information content (AvgIpc) is 2.80. The molecule has 0 aromatic heterocycles. The molecule has 3 aromatic rings. The van der Waals surface area contributed by atoms with Crippen molar-refractivity contribution in [2.24, 2.45) is 0 Å². The van der Waals surface area contributed by atoms with E-state index in [2.05, 4.69) is 27.9 Å². The minimum absolute atomic E-state index is 0.0720. The monoisotopic (exact) mass is 592 g/mol. The van der Waals surface area contributed by atoms with Crippen LogP contribution in [0, 0.1) is 14.9 Å². The number of nitriles is 1. The molecule has 0 saturated carbocycles. The van der Waals surface area contributed by atoms with Gasteiger partial charge in [-0.05, 0) is 77.0 Å². The molecule has 5 nitrogen and oxygen atoms in total. The second kappa shape index (κ2) is 11.9. The number of anilines is 1. The number of halogens is 3. The molecule has 3 rings (SSSR count). The smallest absolute Gasteiger partial charge is 0.266 e. The van der Waals surface area contributed by atoms with E-state index in [0.717, 1.165) is 9.13 Å². The van der Waals surface area contributed by atoms with Crippen LogP contribution >= 0.6 is 45.8 Å². The molecule has 0 atom stereocenters. The summed E-state index contributed by atoms with van der Waals surface area (Å²) in [6.45, 7) is 2.71. The van der Waals surface area contributed by atoms with E-state index in [-0.39, 0.29) is 5.57 Å². The number of nitrogens with one attached hydrogen (secondary N) is 1. The summed E-state index contributed by atoms with van der Waals surface area (Å²) in [7, 11) is 0. The second-order valence-corrected chi connectivity index (χ2v) is 8.77. The van der Waals surface area contributed by atoms with E-state index in [1.54, 1.807) is 18.2 Å². The summed E-state index contributed by atoms with van der Waals surface area (Å²) in [5.74, 6) is 0.583. The van der Waals surface area contributed by atoms with Crippen LogP contribution in [0.3, 0.4) is 0 Å². The van der Waals surface area contributed by atoms with Crippen molar-refractivity contribution in [2.45, 2.75) is 13.5 Å². The molecule has 0 aliphatic rings. The van der Waals surface area contributed by atoms with Crippen molar-refractivity contribution in [1.29, 1.82) is 5.26 Å². The number of nitrogens with zero attached hydrogens (tertiary/aromatic N) is 1. The zero-order valence-electron chi connectivity index (χ0n) is 17.6. The molecule has 3 aromatic carbocycles. The molecule has 33 heavy (non-hydrogen) atoms. The first-order chi connectivity index (χ1) is 15.9. The van der Waals surface area contributed by atoms with Crippen LogP contribution in [0.2, 0.25) is 10.0 Å². The van der Waals surface area contributed by atoms with Crippen LogP contribution in [0.5, 0.6) is 11.5 Å². The first-order valence-electron chi connectivity index (χ1n) is 9.92. The highest BCUT2D eigenvalue weighted by Crippen LogP contribution is 2.35. The fourth-order valence-corrected chi connectivity index (χ4v) is 3.97. The Labute approximate surface area is 216 Å². The molecule has 1 amide bonds. The number of hydrogen-bond donors (Lipinski definition) is 1. The van der Waals surface area contributed by atoms with Crippen molar-refractivity contribution in [3.05, 3.63) is 91.0 Å². The Morgan fingerprint density at radius 3 is 2.52 bits per heavy atom. The molecule has 0 heterocycles. The van der Waals surface area contributed by atoms with Gasteiger partial charge in [-0.15, -0.1) is 0 Å². The Kier molecular flexibility index (Phi) is 9.01. The highest BCUT2D eigenvalue weighted by Gasteiger charge is 2.15. The van der Waals surface area contributed by atoms with Crippen LogP contribution in [0.4, 0.5) is 5.69 Å². The van der Waals surface area contributed by atoms with Gasteiger partial charge >= 0.3 is 0 Å². The summed E-state index contributed by atoms with van der Waals surface area (Å²) in [4.78, 5) is 12.6. The molecule has 0 bridgehead atoms. The van der Waals surface area contributed by atoms with Crippen molar-refractivity contribution < 1.29 is 14.3 Å². The molecule has 1 N–H and O–H groups in total. The maximum absolute atomic E-state index is 12.6. The highest BCUT2D eigenvalue weighted by atomic mass is 127. The number of carbonyl (C=O) groups is 1. The third-order valence-corrected chi connectivity index (χ3v) is 5.95. The summed E-state index contributed by atoms with van der Waals surface area (Å²) in [5, 5.41) is 12.9. The SMILES string of the molecule is CCOc1cc(/C=C(/C#N)C(=O)Nc2ccc(Cl)c(Cl)c2)cc(I)c1OCc1ccccc1. The second-order valence-electron chi connectivity index (χ2n) is 6.79. The lowest BCUT2D eigenvalue weighted by Gasteiger charge is -2.15. The number of ether oxygens (including phenoxy) is 2. The molecule has 168 valence electrons. The van der Waals surface area contributed by atoms with Gasteiger partial charge in [0, 0.05) is 5.69 Å². The van der Waals surface area contributed by atoms with E-state index in [1.165, 1.54) is 12.1 Å². The third kappa shape index (κ3) is 6.87. The minimum atomic E-state index is -0.562. The largest absolute Gasteiger partial charge is 0.490 e. The first-order valence-corrected chi connectivity index (χ1v) is 11.8. The van der Waals surface area contributed by atoms with Gasteiger partial charge in [0.1, 0.15) is 18.2 Å². The fourth-order valence-electron chi connectivity index (χ4n) is 2.89. The fraction of sp³-hybridized carbons (Fsp3) is 0.120. The van der Waals surface area contributed by atoms with Crippen molar-refractivity contribution >= 4 is 63.5 Å². The predicted octanol–water partition coefficient (Wildman–Crippen LogP) is 7.12. The van der Waals surface area contributed by atoms with Crippen molar-refractivity contribution in [3.8, 4) is 17.6 Å². The highest BCUT2D eigenvalue weighted by molar-refractivity contribution is 14.1. The molecule has 0 unspecified atom stereocenters. The summed E-state index contributed by atoms with van der Waals surface area (Å²) >= 11 is 14.1. The van der Waals surface area contributed by atoms with Crippen LogP contribution in [0.1, 0.15) is 18.1 Å². The number of amides is 1. The molecular formula is C25H19Cl2IN2O3. The predicted molar refractivity (Wildman–Crippen MR) is 140 cm³/mol. The summed E-state index contributed by atoms with van der Waals surface area (Å²) in [6, 6.07) is 20.0. The van der Waals surface area contributed by atoms with E-state index in [9.17, 15) is 10.1 Å².